The van der Waals surface area contributed by atoms with Gasteiger partial charge in [-0.2, -0.15) is 0 Å². The molecule has 4 heteroatoms. The first-order chi connectivity index (χ1) is 9.95. The Balaban J connectivity index is 2.05. The number of benzene rings is 2. The molecule has 21 heavy (non-hydrogen) atoms. The second kappa shape index (κ2) is 6.76. The number of carboxylic acid groups (broad SMARTS) is 1. The SMILES string of the molecule is Cc1cc(C)c(NCc2ccc(CC(=O)O)cc2)c(Br)c1. The lowest BCUT2D eigenvalue weighted by molar-refractivity contribution is -0.136. The van der Waals surface area contributed by atoms with Gasteiger partial charge in [0, 0.05) is 11.0 Å². The number of rotatable bonds is 5. The summed E-state index contributed by atoms with van der Waals surface area (Å²) in [5.74, 6) is -0.805. The maximum absolute atomic E-state index is 10.6. The van der Waals surface area contributed by atoms with E-state index in [-0.39, 0.29) is 6.42 Å². The van der Waals surface area contributed by atoms with Crippen molar-refractivity contribution < 1.29 is 9.90 Å². The molecule has 0 heterocycles. The Morgan fingerprint density at radius 3 is 2.33 bits per heavy atom. The van der Waals surface area contributed by atoms with Gasteiger partial charge in [0.05, 0.1) is 12.1 Å². The van der Waals surface area contributed by atoms with Gasteiger partial charge in [-0.25, -0.2) is 0 Å². The molecule has 0 fully saturated rings. The summed E-state index contributed by atoms with van der Waals surface area (Å²) >= 11 is 3.58. The second-order valence-electron chi connectivity index (χ2n) is 5.18. The Hall–Kier alpha value is -1.81. The van der Waals surface area contributed by atoms with Gasteiger partial charge in [-0.3, -0.25) is 4.79 Å². The van der Waals surface area contributed by atoms with Crippen LogP contribution in [0.1, 0.15) is 22.3 Å². The minimum Gasteiger partial charge on any atom is -0.481 e. The van der Waals surface area contributed by atoms with Gasteiger partial charge in [-0.15, -0.1) is 0 Å². The molecule has 3 nitrogen and oxygen atoms in total. The number of anilines is 1. The predicted octanol–water partition coefficient (Wildman–Crippen LogP) is 4.31. The average molecular weight is 348 g/mol. The molecule has 0 aromatic heterocycles. The molecule has 0 atom stereocenters. The molecule has 2 aromatic rings. The third-order valence-electron chi connectivity index (χ3n) is 3.28. The van der Waals surface area contributed by atoms with Gasteiger partial charge in [-0.1, -0.05) is 30.3 Å². The lowest BCUT2D eigenvalue weighted by atomic mass is 10.1. The topological polar surface area (TPSA) is 49.3 Å². The first-order valence-corrected chi connectivity index (χ1v) is 7.55. The predicted molar refractivity (Wildman–Crippen MR) is 88.7 cm³/mol. The van der Waals surface area contributed by atoms with Crippen LogP contribution in [0.3, 0.4) is 0 Å². The van der Waals surface area contributed by atoms with Crippen molar-refractivity contribution in [1.29, 1.82) is 0 Å². The van der Waals surface area contributed by atoms with E-state index >= 15 is 0 Å². The Kier molecular flexibility index (Phi) is 5.02. The fourth-order valence-electron chi connectivity index (χ4n) is 2.28. The molecule has 2 rings (SSSR count). The van der Waals surface area contributed by atoms with Crippen LogP contribution in [0.15, 0.2) is 40.9 Å². The molecule has 0 aliphatic heterocycles. The lowest BCUT2D eigenvalue weighted by Crippen LogP contribution is -2.03. The molecule has 0 aliphatic rings. The molecule has 2 N–H and O–H groups in total. The first-order valence-electron chi connectivity index (χ1n) is 6.76. The molecule has 0 saturated carbocycles. The third-order valence-corrected chi connectivity index (χ3v) is 3.90. The molecule has 0 amide bonds. The third kappa shape index (κ3) is 4.33. The zero-order chi connectivity index (χ0) is 15.4. The van der Waals surface area contributed by atoms with Crippen molar-refractivity contribution in [3.8, 4) is 0 Å². The molecular formula is C17H18BrNO2. The van der Waals surface area contributed by atoms with Crippen LogP contribution in [0.25, 0.3) is 0 Å². The summed E-state index contributed by atoms with van der Waals surface area (Å²) in [6.45, 7) is 4.86. The van der Waals surface area contributed by atoms with Gasteiger partial charge in [-0.05, 0) is 58.1 Å². The quantitative estimate of drug-likeness (QED) is 0.847. The number of nitrogens with one attached hydrogen (secondary N) is 1. The van der Waals surface area contributed by atoms with Crippen molar-refractivity contribution in [2.24, 2.45) is 0 Å². The van der Waals surface area contributed by atoms with E-state index < -0.39 is 5.97 Å². The van der Waals surface area contributed by atoms with Gasteiger partial charge < -0.3 is 10.4 Å². The Morgan fingerprint density at radius 1 is 1.14 bits per heavy atom. The summed E-state index contributed by atoms with van der Waals surface area (Å²) in [5, 5.41) is 12.2. The van der Waals surface area contributed by atoms with Crippen LogP contribution in [0.5, 0.6) is 0 Å². The number of carboxylic acids is 1. The largest absolute Gasteiger partial charge is 0.481 e. The fraction of sp³-hybridized carbons (Fsp3) is 0.235. The summed E-state index contributed by atoms with van der Waals surface area (Å²) < 4.78 is 1.06. The summed E-state index contributed by atoms with van der Waals surface area (Å²) in [5.41, 5.74) is 5.46. The van der Waals surface area contributed by atoms with Crippen molar-refractivity contribution in [3.63, 3.8) is 0 Å². The zero-order valence-corrected chi connectivity index (χ0v) is 13.7. The van der Waals surface area contributed by atoms with Crippen molar-refractivity contribution in [2.75, 3.05) is 5.32 Å². The highest BCUT2D eigenvalue weighted by molar-refractivity contribution is 9.10. The second-order valence-corrected chi connectivity index (χ2v) is 6.03. The maximum Gasteiger partial charge on any atom is 0.307 e. The lowest BCUT2D eigenvalue weighted by Gasteiger charge is -2.13. The Labute approximate surface area is 133 Å². The van der Waals surface area contributed by atoms with E-state index in [1.54, 1.807) is 0 Å². The molecule has 0 unspecified atom stereocenters. The standard InChI is InChI=1S/C17H18BrNO2/c1-11-7-12(2)17(15(18)8-11)19-10-14-5-3-13(4-6-14)9-16(20)21/h3-8,19H,9-10H2,1-2H3,(H,20,21). The van der Waals surface area contributed by atoms with Crippen LogP contribution in [0, 0.1) is 13.8 Å². The van der Waals surface area contributed by atoms with E-state index in [0.29, 0.717) is 6.54 Å². The normalized spacial score (nSPS) is 10.4. The Morgan fingerprint density at radius 2 is 1.76 bits per heavy atom. The van der Waals surface area contributed by atoms with Gasteiger partial charge in [0.25, 0.3) is 0 Å². The fourth-order valence-corrected chi connectivity index (χ4v) is 3.09. The number of carbonyl (C=O) groups is 1. The van der Waals surface area contributed by atoms with Gasteiger partial charge in [0.2, 0.25) is 0 Å². The van der Waals surface area contributed by atoms with Crippen LogP contribution in [-0.4, -0.2) is 11.1 Å². The molecule has 0 saturated heterocycles. The number of halogens is 1. The number of aryl methyl sites for hydroxylation is 2. The molecule has 0 aliphatic carbocycles. The van der Waals surface area contributed by atoms with E-state index in [2.05, 4.69) is 47.2 Å². The van der Waals surface area contributed by atoms with Crippen molar-refractivity contribution in [2.45, 2.75) is 26.8 Å². The first kappa shape index (κ1) is 15.6. The van der Waals surface area contributed by atoms with E-state index in [1.165, 1.54) is 11.1 Å². The summed E-state index contributed by atoms with van der Waals surface area (Å²) in [7, 11) is 0. The highest BCUT2D eigenvalue weighted by Crippen LogP contribution is 2.28. The summed E-state index contributed by atoms with van der Waals surface area (Å²) in [6, 6.07) is 11.9. The highest BCUT2D eigenvalue weighted by Gasteiger charge is 2.05. The van der Waals surface area contributed by atoms with Gasteiger partial charge >= 0.3 is 5.97 Å². The van der Waals surface area contributed by atoms with Crippen LogP contribution >= 0.6 is 15.9 Å². The van der Waals surface area contributed by atoms with E-state index in [4.69, 9.17) is 5.11 Å². The molecule has 0 radical (unpaired) electrons. The smallest absolute Gasteiger partial charge is 0.307 e. The highest BCUT2D eigenvalue weighted by atomic mass is 79.9. The molecular weight excluding hydrogens is 330 g/mol. The van der Waals surface area contributed by atoms with Crippen LogP contribution in [-0.2, 0) is 17.8 Å². The van der Waals surface area contributed by atoms with Gasteiger partial charge in [0.1, 0.15) is 0 Å². The van der Waals surface area contributed by atoms with Crippen molar-refractivity contribution >= 4 is 27.6 Å². The monoisotopic (exact) mass is 347 g/mol. The van der Waals surface area contributed by atoms with Crippen LogP contribution in [0.2, 0.25) is 0 Å². The zero-order valence-electron chi connectivity index (χ0n) is 12.1. The van der Waals surface area contributed by atoms with Crippen molar-refractivity contribution in [3.05, 3.63) is 63.1 Å². The average Bonchev–Trinajstić information content (AvgIpc) is 2.38. The van der Waals surface area contributed by atoms with Crippen molar-refractivity contribution in [1.82, 2.24) is 0 Å². The summed E-state index contributed by atoms with van der Waals surface area (Å²) in [6.07, 6.45) is 0.0658. The summed E-state index contributed by atoms with van der Waals surface area (Å²) in [4.78, 5) is 10.6. The van der Waals surface area contributed by atoms with Gasteiger partial charge in [0.15, 0.2) is 0 Å². The van der Waals surface area contributed by atoms with Crippen LogP contribution in [0.4, 0.5) is 5.69 Å². The minimum absolute atomic E-state index is 0.0658. The van der Waals surface area contributed by atoms with E-state index in [1.807, 2.05) is 24.3 Å². The molecule has 2 aromatic carbocycles. The maximum atomic E-state index is 10.6. The molecule has 110 valence electrons. The van der Waals surface area contributed by atoms with E-state index in [0.717, 1.165) is 21.3 Å². The molecule has 0 bridgehead atoms. The van der Waals surface area contributed by atoms with Crippen LogP contribution < -0.4 is 5.32 Å². The minimum atomic E-state index is -0.805. The van der Waals surface area contributed by atoms with E-state index in [9.17, 15) is 4.79 Å². The number of hydrogen-bond acceptors (Lipinski definition) is 2. The Bertz CT molecular complexity index is 627. The number of hydrogen-bond donors (Lipinski definition) is 2. The molecule has 0 spiro atoms. The number of aliphatic carboxylic acids is 1.